The Kier molecular flexibility index (Phi) is 4.95. The number of carbonyl (C=O) groups excluding carboxylic acids is 1. The van der Waals surface area contributed by atoms with E-state index in [-0.39, 0.29) is 24.0 Å². The van der Waals surface area contributed by atoms with E-state index < -0.39 is 11.6 Å². The number of nitrogen functional groups attached to an aromatic ring is 1. The lowest BCUT2D eigenvalue weighted by Crippen LogP contribution is -2.33. The number of esters is 1. The number of benzene rings is 1. The van der Waals surface area contributed by atoms with Gasteiger partial charge in [0.05, 0.1) is 11.9 Å². The molecule has 7 heteroatoms. The van der Waals surface area contributed by atoms with Gasteiger partial charge < -0.3 is 15.8 Å². The quantitative estimate of drug-likeness (QED) is 0.620. The van der Waals surface area contributed by atoms with Crippen molar-refractivity contribution in [1.82, 2.24) is 9.55 Å². The average molecular weight is 370 g/mol. The van der Waals surface area contributed by atoms with Gasteiger partial charge in [0.15, 0.2) is 5.82 Å². The number of hydrogen-bond acceptors (Lipinski definition) is 6. The predicted molar refractivity (Wildman–Crippen MR) is 106 cm³/mol. The molecule has 0 radical (unpaired) electrons. The van der Waals surface area contributed by atoms with Crippen molar-refractivity contribution >= 4 is 17.5 Å². The number of hydrogen-bond donors (Lipinski definition) is 2. The maximum Gasteiger partial charge on any atom is 0.326 e. The molecular weight excluding hydrogens is 344 g/mol. The van der Waals surface area contributed by atoms with Crippen LogP contribution in [0.3, 0.4) is 0 Å². The lowest BCUT2D eigenvalue weighted by Gasteiger charge is -2.21. The molecule has 0 saturated heterocycles. The third kappa shape index (κ3) is 4.87. The minimum atomic E-state index is -0.628. The summed E-state index contributed by atoms with van der Waals surface area (Å²) in [5.41, 5.74) is 7.80. The van der Waals surface area contributed by atoms with E-state index in [1.165, 1.54) is 4.57 Å². The number of nitrogens with two attached hydrogens (primary N) is 1. The highest BCUT2D eigenvalue weighted by molar-refractivity contribution is 5.72. The Labute approximate surface area is 158 Å². The van der Waals surface area contributed by atoms with E-state index >= 15 is 0 Å². The van der Waals surface area contributed by atoms with Crippen molar-refractivity contribution in [3.05, 3.63) is 40.3 Å². The molecule has 0 spiro atoms. The number of nitrogens with zero attached hydrogens (tertiary/aromatic N) is 2. The van der Waals surface area contributed by atoms with Gasteiger partial charge in [0, 0.05) is 17.3 Å². The molecule has 1 aliphatic rings. The molecular formula is C20H26N4O3. The highest BCUT2D eigenvalue weighted by Crippen LogP contribution is 2.25. The van der Waals surface area contributed by atoms with E-state index in [1.807, 2.05) is 19.1 Å². The fourth-order valence-electron chi connectivity index (χ4n) is 2.86. The van der Waals surface area contributed by atoms with Crippen molar-refractivity contribution in [3.63, 3.8) is 0 Å². The third-order valence-corrected chi connectivity index (χ3v) is 4.08. The Morgan fingerprint density at radius 1 is 1.33 bits per heavy atom. The Morgan fingerprint density at radius 3 is 2.63 bits per heavy atom. The van der Waals surface area contributed by atoms with Gasteiger partial charge in [-0.15, -0.1) is 0 Å². The van der Waals surface area contributed by atoms with Crippen LogP contribution in [0, 0.1) is 6.92 Å². The highest BCUT2D eigenvalue weighted by Gasteiger charge is 2.25. The minimum Gasteiger partial charge on any atom is -0.459 e. The zero-order valence-corrected chi connectivity index (χ0v) is 16.2. The summed E-state index contributed by atoms with van der Waals surface area (Å²) in [4.78, 5) is 29.7. The molecule has 0 unspecified atom stereocenters. The molecule has 0 aliphatic heterocycles. The summed E-state index contributed by atoms with van der Waals surface area (Å²) in [6.45, 7) is 7.11. The first-order chi connectivity index (χ1) is 12.6. The molecule has 1 saturated carbocycles. The Balaban J connectivity index is 2.04. The molecule has 0 amide bonds. The van der Waals surface area contributed by atoms with E-state index in [0.29, 0.717) is 11.4 Å². The molecule has 27 heavy (non-hydrogen) atoms. The number of aromatic nitrogens is 2. The molecule has 7 nitrogen and oxygen atoms in total. The van der Waals surface area contributed by atoms with Gasteiger partial charge in [-0.2, -0.15) is 0 Å². The Hall–Kier alpha value is -2.83. The maximum absolute atomic E-state index is 13.0. The first kappa shape index (κ1) is 18.9. The summed E-state index contributed by atoms with van der Waals surface area (Å²) in [7, 11) is 0. The van der Waals surface area contributed by atoms with E-state index in [1.54, 1.807) is 33.0 Å². The molecule has 1 heterocycles. The lowest BCUT2D eigenvalue weighted by atomic mass is 10.1. The maximum atomic E-state index is 13.0. The first-order valence-electron chi connectivity index (χ1n) is 9.08. The summed E-state index contributed by atoms with van der Waals surface area (Å²) in [6, 6.07) is 5.80. The summed E-state index contributed by atoms with van der Waals surface area (Å²) >= 11 is 0. The number of ether oxygens (including phenoxy) is 1. The Morgan fingerprint density at radius 2 is 2.04 bits per heavy atom. The van der Waals surface area contributed by atoms with Gasteiger partial charge >= 0.3 is 5.97 Å². The molecule has 0 bridgehead atoms. The summed E-state index contributed by atoms with van der Waals surface area (Å²) in [5, 5.41) is 3.13. The zero-order valence-electron chi connectivity index (χ0n) is 16.2. The number of rotatable bonds is 5. The normalized spacial score (nSPS) is 14.1. The van der Waals surface area contributed by atoms with E-state index in [4.69, 9.17) is 10.5 Å². The fraction of sp³-hybridized carbons (Fsp3) is 0.450. The van der Waals surface area contributed by atoms with Gasteiger partial charge in [0.1, 0.15) is 12.1 Å². The van der Waals surface area contributed by atoms with E-state index in [2.05, 4.69) is 10.3 Å². The number of carbonyl (C=O) groups is 1. The number of anilines is 2. The smallest absolute Gasteiger partial charge is 0.326 e. The van der Waals surface area contributed by atoms with Crippen LogP contribution >= 0.6 is 0 Å². The number of aryl methyl sites for hydroxylation is 1. The molecule has 3 rings (SSSR count). The predicted octanol–water partition coefficient (Wildman–Crippen LogP) is 2.72. The molecule has 1 aromatic carbocycles. The molecule has 1 aliphatic carbocycles. The molecule has 144 valence electrons. The summed E-state index contributed by atoms with van der Waals surface area (Å²) in [5.74, 6) is -0.222. The van der Waals surface area contributed by atoms with Crippen LogP contribution < -0.4 is 16.6 Å². The van der Waals surface area contributed by atoms with Crippen LogP contribution in [-0.4, -0.2) is 27.2 Å². The van der Waals surface area contributed by atoms with Crippen LogP contribution in [0.15, 0.2) is 29.2 Å². The minimum absolute atomic E-state index is 0.193. The van der Waals surface area contributed by atoms with Crippen LogP contribution in [0.5, 0.6) is 0 Å². The van der Waals surface area contributed by atoms with Crippen LogP contribution in [-0.2, 0) is 16.1 Å². The van der Waals surface area contributed by atoms with E-state index in [9.17, 15) is 9.59 Å². The van der Waals surface area contributed by atoms with Crippen molar-refractivity contribution in [3.8, 4) is 11.3 Å². The topological polar surface area (TPSA) is 99.2 Å². The zero-order chi connectivity index (χ0) is 19.8. The van der Waals surface area contributed by atoms with Crippen LogP contribution in [0.1, 0.15) is 39.2 Å². The standard InChI is InChI=1S/C20H26N4O3/c1-12-7-13(9-14(21)8-12)16-10-22-18(23-15-5-6-15)19(26)24(16)11-17(25)27-20(2,3)4/h7-10,15H,5-6,11,21H2,1-4H3,(H,22,23). The molecule has 2 aromatic rings. The van der Waals surface area contributed by atoms with Crippen molar-refractivity contribution in [2.24, 2.45) is 0 Å². The van der Waals surface area contributed by atoms with Crippen LogP contribution in [0.25, 0.3) is 11.3 Å². The van der Waals surface area contributed by atoms with Gasteiger partial charge in [-0.25, -0.2) is 4.98 Å². The largest absolute Gasteiger partial charge is 0.459 e. The first-order valence-corrected chi connectivity index (χ1v) is 9.08. The second kappa shape index (κ2) is 7.06. The van der Waals surface area contributed by atoms with Crippen molar-refractivity contribution in [2.75, 3.05) is 11.1 Å². The summed E-state index contributed by atoms with van der Waals surface area (Å²) < 4.78 is 6.81. The van der Waals surface area contributed by atoms with Crippen molar-refractivity contribution in [1.29, 1.82) is 0 Å². The highest BCUT2D eigenvalue weighted by atomic mass is 16.6. The lowest BCUT2D eigenvalue weighted by molar-refractivity contribution is -0.155. The van der Waals surface area contributed by atoms with Crippen LogP contribution in [0.4, 0.5) is 11.5 Å². The van der Waals surface area contributed by atoms with Crippen LogP contribution in [0.2, 0.25) is 0 Å². The van der Waals surface area contributed by atoms with Gasteiger partial charge in [-0.05, 0) is 64.3 Å². The SMILES string of the molecule is Cc1cc(N)cc(-c2cnc(NC3CC3)c(=O)n2CC(=O)OC(C)(C)C)c1. The van der Waals surface area contributed by atoms with Gasteiger partial charge in [-0.1, -0.05) is 0 Å². The number of nitrogens with one attached hydrogen (secondary N) is 1. The molecule has 1 fully saturated rings. The van der Waals surface area contributed by atoms with E-state index in [0.717, 1.165) is 24.0 Å². The van der Waals surface area contributed by atoms with Gasteiger partial charge in [0.25, 0.3) is 5.56 Å². The average Bonchev–Trinajstić information content (AvgIpc) is 3.32. The second-order valence-corrected chi connectivity index (χ2v) is 8.02. The van der Waals surface area contributed by atoms with Crippen molar-refractivity contribution < 1.29 is 9.53 Å². The van der Waals surface area contributed by atoms with Gasteiger partial charge in [-0.3, -0.25) is 14.2 Å². The Bertz CT molecular complexity index is 904. The summed E-state index contributed by atoms with van der Waals surface area (Å²) in [6.07, 6.45) is 3.64. The van der Waals surface area contributed by atoms with Gasteiger partial charge in [0.2, 0.25) is 0 Å². The third-order valence-electron chi connectivity index (χ3n) is 4.08. The monoisotopic (exact) mass is 370 g/mol. The molecule has 0 atom stereocenters. The van der Waals surface area contributed by atoms with Crippen molar-refractivity contribution in [2.45, 2.75) is 58.7 Å². The second-order valence-electron chi connectivity index (χ2n) is 8.02. The fourth-order valence-corrected chi connectivity index (χ4v) is 2.86. The molecule has 1 aromatic heterocycles. The molecule has 3 N–H and O–H groups in total.